The zero-order chi connectivity index (χ0) is 11.3. The van der Waals surface area contributed by atoms with Gasteiger partial charge in [-0.25, -0.2) is 0 Å². The molecule has 0 spiro atoms. The number of rotatable bonds is 6. The molecule has 1 rings (SSSR count). The first-order valence-corrected chi connectivity index (χ1v) is 6.94. The van der Waals surface area contributed by atoms with E-state index in [1.165, 1.54) is 24.0 Å². The monoisotopic (exact) mass is 225 g/mol. The summed E-state index contributed by atoms with van der Waals surface area (Å²) >= 11 is 1.82. The first kappa shape index (κ1) is 12.7. The third kappa shape index (κ3) is 3.05. The number of hydrogen-bond donors (Lipinski definition) is 1. The van der Waals surface area contributed by atoms with Gasteiger partial charge in [-0.1, -0.05) is 33.6 Å². The second kappa shape index (κ2) is 6.29. The van der Waals surface area contributed by atoms with E-state index >= 15 is 0 Å². The Kier molecular flexibility index (Phi) is 5.34. The quantitative estimate of drug-likeness (QED) is 0.767. The fourth-order valence-electron chi connectivity index (χ4n) is 2.20. The fourth-order valence-corrected chi connectivity index (χ4v) is 3.09. The largest absolute Gasteiger partial charge is 0.310 e. The molecule has 1 unspecified atom stereocenters. The SMILES string of the molecule is CCNC(c1cscc1C)C(CC)CC. The highest BCUT2D eigenvalue weighted by Crippen LogP contribution is 2.31. The lowest BCUT2D eigenvalue weighted by molar-refractivity contribution is 0.346. The van der Waals surface area contributed by atoms with Gasteiger partial charge < -0.3 is 5.32 Å². The Morgan fingerprint density at radius 3 is 2.27 bits per heavy atom. The molecule has 0 fully saturated rings. The Labute approximate surface area is 97.9 Å². The van der Waals surface area contributed by atoms with Crippen molar-refractivity contribution in [1.29, 1.82) is 0 Å². The average Bonchev–Trinajstić information content (AvgIpc) is 2.65. The predicted octanol–water partition coefficient (Wildman–Crippen LogP) is 4.14. The number of aryl methyl sites for hydroxylation is 1. The highest BCUT2D eigenvalue weighted by molar-refractivity contribution is 7.08. The van der Waals surface area contributed by atoms with E-state index < -0.39 is 0 Å². The van der Waals surface area contributed by atoms with Crippen molar-refractivity contribution in [3.8, 4) is 0 Å². The van der Waals surface area contributed by atoms with Crippen molar-refractivity contribution in [2.45, 2.75) is 46.6 Å². The third-order valence-electron chi connectivity index (χ3n) is 3.17. The van der Waals surface area contributed by atoms with Gasteiger partial charge in [0.25, 0.3) is 0 Å². The number of thiophene rings is 1. The Bertz CT molecular complexity index is 276. The van der Waals surface area contributed by atoms with Crippen molar-refractivity contribution in [3.63, 3.8) is 0 Å². The smallest absolute Gasteiger partial charge is 0.0359 e. The van der Waals surface area contributed by atoms with Crippen LogP contribution in [0.15, 0.2) is 10.8 Å². The molecule has 1 heterocycles. The molecule has 86 valence electrons. The van der Waals surface area contributed by atoms with E-state index in [-0.39, 0.29) is 0 Å². The highest BCUT2D eigenvalue weighted by Gasteiger charge is 2.21. The minimum absolute atomic E-state index is 0.552. The molecule has 0 radical (unpaired) electrons. The van der Waals surface area contributed by atoms with Crippen LogP contribution in [0.2, 0.25) is 0 Å². The molecule has 15 heavy (non-hydrogen) atoms. The lowest BCUT2D eigenvalue weighted by atomic mass is 9.88. The summed E-state index contributed by atoms with van der Waals surface area (Å²) in [6, 6.07) is 0.552. The van der Waals surface area contributed by atoms with Crippen LogP contribution in [0, 0.1) is 12.8 Å². The van der Waals surface area contributed by atoms with Crippen LogP contribution in [0.1, 0.15) is 50.8 Å². The first-order chi connectivity index (χ1) is 7.24. The Balaban J connectivity index is 2.86. The summed E-state index contributed by atoms with van der Waals surface area (Å²) in [5, 5.41) is 8.19. The van der Waals surface area contributed by atoms with Crippen molar-refractivity contribution in [1.82, 2.24) is 5.32 Å². The standard InChI is InChI=1S/C13H23NS/c1-5-11(6-2)13(14-7-3)12-9-15-8-10(12)4/h8-9,11,13-14H,5-7H2,1-4H3. The van der Waals surface area contributed by atoms with Crippen molar-refractivity contribution >= 4 is 11.3 Å². The van der Waals surface area contributed by atoms with Crippen molar-refractivity contribution in [2.75, 3.05) is 6.54 Å². The number of nitrogens with one attached hydrogen (secondary N) is 1. The van der Waals surface area contributed by atoms with Gasteiger partial charge in [-0.05, 0) is 41.3 Å². The molecular formula is C13H23NS. The second-order valence-electron chi connectivity index (χ2n) is 4.12. The lowest BCUT2D eigenvalue weighted by Crippen LogP contribution is -2.27. The van der Waals surface area contributed by atoms with Gasteiger partial charge in [-0.3, -0.25) is 0 Å². The molecule has 1 N–H and O–H groups in total. The van der Waals surface area contributed by atoms with Gasteiger partial charge in [0.05, 0.1) is 0 Å². The summed E-state index contributed by atoms with van der Waals surface area (Å²) in [7, 11) is 0. The second-order valence-corrected chi connectivity index (χ2v) is 4.87. The average molecular weight is 225 g/mol. The van der Waals surface area contributed by atoms with Crippen LogP contribution in [-0.2, 0) is 0 Å². The molecule has 0 aromatic carbocycles. The van der Waals surface area contributed by atoms with Gasteiger partial charge in [0, 0.05) is 6.04 Å². The Hall–Kier alpha value is -0.340. The summed E-state index contributed by atoms with van der Waals surface area (Å²) in [5.74, 6) is 0.762. The highest BCUT2D eigenvalue weighted by atomic mass is 32.1. The van der Waals surface area contributed by atoms with Crippen LogP contribution in [0.3, 0.4) is 0 Å². The van der Waals surface area contributed by atoms with Crippen LogP contribution in [0.5, 0.6) is 0 Å². The molecule has 0 aliphatic rings. The maximum atomic E-state index is 3.63. The molecule has 1 aromatic rings. The molecule has 0 bridgehead atoms. The molecule has 1 atom stereocenters. The van der Waals surface area contributed by atoms with Gasteiger partial charge in [0.15, 0.2) is 0 Å². The molecule has 0 saturated carbocycles. The Morgan fingerprint density at radius 1 is 1.20 bits per heavy atom. The summed E-state index contributed by atoms with van der Waals surface area (Å²) < 4.78 is 0. The van der Waals surface area contributed by atoms with Crippen LogP contribution in [0.4, 0.5) is 0 Å². The van der Waals surface area contributed by atoms with Crippen LogP contribution in [-0.4, -0.2) is 6.54 Å². The van der Waals surface area contributed by atoms with Gasteiger partial charge in [-0.2, -0.15) is 11.3 Å². The minimum Gasteiger partial charge on any atom is -0.310 e. The summed E-state index contributed by atoms with van der Waals surface area (Å²) in [5.41, 5.74) is 2.95. The normalized spacial score (nSPS) is 13.4. The van der Waals surface area contributed by atoms with Gasteiger partial charge >= 0.3 is 0 Å². The van der Waals surface area contributed by atoms with E-state index in [2.05, 4.69) is 43.8 Å². The molecule has 1 aromatic heterocycles. The zero-order valence-electron chi connectivity index (χ0n) is 10.3. The van der Waals surface area contributed by atoms with E-state index in [0.717, 1.165) is 12.5 Å². The third-order valence-corrected chi connectivity index (χ3v) is 4.05. The molecule has 0 saturated heterocycles. The summed E-state index contributed by atoms with van der Waals surface area (Å²) in [4.78, 5) is 0. The van der Waals surface area contributed by atoms with Gasteiger partial charge in [0.1, 0.15) is 0 Å². The van der Waals surface area contributed by atoms with E-state index in [1.54, 1.807) is 0 Å². The van der Waals surface area contributed by atoms with Crippen molar-refractivity contribution in [2.24, 2.45) is 5.92 Å². The molecule has 2 heteroatoms. The predicted molar refractivity (Wildman–Crippen MR) is 69.5 cm³/mol. The van der Waals surface area contributed by atoms with Crippen molar-refractivity contribution in [3.05, 3.63) is 21.9 Å². The molecular weight excluding hydrogens is 202 g/mol. The van der Waals surface area contributed by atoms with E-state index in [0.29, 0.717) is 6.04 Å². The maximum Gasteiger partial charge on any atom is 0.0359 e. The Morgan fingerprint density at radius 2 is 1.87 bits per heavy atom. The first-order valence-electron chi connectivity index (χ1n) is 6.00. The maximum absolute atomic E-state index is 3.63. The summed E-state index contributed by atoms with van der Waals surface area (Å²) in [6.07, 6.45) is 2.51. The molecule has 1 nitrogen and oxygen atoms in total. The van der Waals surface area contributed by atoms with E-state index in [4.69, 9.17) is 0 Å². The van der Waals surface area contributed by atoms with Crippen molar-refractivity contribution < 1.29 is 0 Å². The van der Waals surface area contributed by atoms with E-state index in [9.17, 15) is 0 Å². The van der Waals surface area contributed by atoms with E-state index in [1.807, 2.05) is 11.3 Å². The molecule has 0 aliphatic carbocycles. The molecule has 0 aliphatic heterocycles. The van der Waals surface area contributed by atoms with Gasteiger partial charge in [-0.15, -0.1) is 0 Å². The zero-order valence-corrected chi connectivity index (χ0v) is 11.2. The minimum atomic E-state index is 0.552. The topological polar surface area (TPSA) is 12.0 Å². The van der Waals surface area contributed by atoms with Gasteiger partial charge in [0.2, 0.25) is 0 Å². The molecule has 0 amide bonds. The lowest BCUT2D eigenvalue weighted by Gasteiger charge is -2.26. The fraction of sp³-hybridized carbons (Fsp3) is 0.692. The van der Waals surface area contributed by atoms with Crippen LogP contribution in [0.25, 0.3) is 0 Å². The summed E-state index contributed by atoms with van der Waals surface area (Å²) in [6.45, 7) is 10.0. The van der Waals surface area contributed by atoms with Crippen LogP contribution >= 0.6 is 11.3 Å². The van der Waals surface area contributed by atoms with Crippen LogP contribution < -0.4 is 5.32 Å². The number of hydrogen-bond acceptors (Lipinski definition) is 2.